The van der Waals surface area contributed by atoms with Gasteiger partial charge in [-0.05, 0) is 17.7 Å². The molecule has 21 heavy (non-hydrogen) atoms. The summed E-state index contributed by atoms with van der Waals surface area (Å²) in [5, 5.41) is 14.2. The molecule has 1 fully saturated rings. The molecule has 1 aliphatic heterocycles. The van der Waals surface area contributed by atoms with Gasteiger partial charge in [-0.15, -0.1) is 0 Å². The van der Waals surface area contributed by atoms with Gasteiger partial charge >= 0.3 is 0 Å². The number of nitrogens with one attached hydrogen (secondary N) is 1. The standard InChI is InChI=1S/C15H22ClNO4/c1-19-13-8-11(7-12(16)14(13)20-2)9-17-10-15(18)3-5-21-6-4-15/h7-8,17-18H,3-6,9-10H2,1-2H3. The highest BCUT2D eigenvalue weighted by Gasteiger charge is 2.29. The Balaban J connectivity index is 1.95. The monoisotopic (exact) mass is 315 g/mol. The Morgan fingerprint density at radius 1 is 1.29 bits per heavy atom. The van der Waals surface area contributed by atoms with Gasteiger partial charge < -0.3 is 24.6 Å². The van der Waals surface area contributed by atoms with Gasteiger partial charge in [0.1, 0.15) is 0 Å². The first-order valence-electron chi connectivity index (χ1n) is 6.99. The summed E-state index contributed by atoms with van der Waals surface area (Å²) in [5.41, 5.74) is 0.298. The summed E-state index contributed by atoms with van der Waals surface area (Å²) in [5.74, 6) is 1.14. The molecule has 0 amide bonds. The lowest BCUT2D eigenvalue weighted by atomic mass is 9.94. The van der Waals surface area contributed by atoms with E-state index in [1.807, 2.05) is 12.1 Å². The van der Waals surface area contributed by atoms with Crippen molar-refractivity contribution in [2.75, 3.05) is 34.0 Å². The minimum absolute atomic E-state index is 0.512. The van der Waals surface area contributed by atoms with Gasteiger partial charge in [0.05, 0.1) is 24.8 Å². The predicted octanol–water partition coefficient (Wildman–Crippen LogP) is 1.99. The van der Waals surface area contributed by atoms with Gasteiger partial charge in [-0.2, -0.15) is 0 Å². The zero-order chi connectivity index (χ0) is 15.3. The summed E-state index contributed by atoms with van der Waals surface area (Å²) in [4.78, 5) is 0. The Bertz CT molecular complexity index is 475. The number of ether oxygens (including phenoxy) is 3. The van der Waals surface area contributed by atoms with Gasteiger partial charge in [0.15, 0.2) is 11.5 Å². The lowest BCUT2D eigenvalue weighted by Crippen LogP contribution is -2.44. The van der Waals surface area contributed by atoms with Crippen LogP contribution >= 0.6 is 11.6 Å². The van der Waals surface area contributed by atoms with Crippen molar-refractivity contribution in [2.24, 2.45) is 0 Å². The fourth-order valence-electron chi connectivity index (χ4n) is 2.44. The summed E-state index contributed by atoms with van der Waals surface area (Å²) in [7, 11) is 3.14. The quantitative estimate of drug-likeness (QED) is 0.840. The molecule has 0 bridgehead atoms. The highest BCUT2D eigenvalue weighted by Crippen LogP contribution is 2.36. The van der Waals surface area contributed by atoms with Crippen LogP contribution in [-0.4, -0.2) is 44.7 Å². The van der Waals surface area contributed by atoms with Crippen molar-refractivity contribution in [2.45, 2.75) is 25.0 Å². The molecule has 0 spiro atoms. The van der Waals surface area contributed by atoms with Crippen LogP contribution < -0.4 is 14.8 Å². The van der Waals surface area contributed by atoms with E-state index in [9.17, 15) is 5.11 Å². The molecule has 0 saturated carbocycles. The summed E-state index contributed by atoms with van der Waals surface area (Å²) < 4.78 is 15.7. The van der Waals surface area contributed by atoms with Crippen molar-refractivity contribution in [1.82, 2.24) is 5.32 Å². The lowest BCUT2D eigenvalue weighted by molar-refractivity contribution is -0.0617. The first-order chi connectivity index (χ1) is 10.1. The summed E-state index contributed by atoms with van der Waals surface area (Å²) in [6, 6.07) is 3.72. The third-order valence-corrected chi connectivity index (χ3v) is 3.98. The van der Waals surface area contributed by atoms with E-state index in [1.165, 1.54) is 0 Å². The van der Waals surface area contributed by atoms with Gasteiger partial charge in [0, 0.05) is 39.1 Å². The Labute approximate surface area is 130 Å². The molecule has 5 nitrogen and oxygen atoms in total. The molecular formula is C15H22ClNO4. The van der Waals surface area contributed by atoms with Crippen molar-refractivity contribution in [3.63, 3.8) is 0 Å². The van der Waals surface area contributed by atoms with E-state index in [0.29, 0.717) is 55.7 Å². The molecule has 6 heteroatoms. The van der Waals surface area contributed by atoms with Crippen molar-refractivity contribution >= 4 is 11.6 Å². The van der Waals surface area contributed by atoms with Crippen LogP contribution in [0.4, 0.5) is 0 Å². The van der Waals surface area contributed by atoms with Crippen LogP contribution in [0.1, 0.15) is 18.4 Å². The molecule has 1 aromatic rings. The smallest absolute Gasteiger partial charge is 0.179 e. The van der Waals surface area contributed by atoms with Crippen LogP contribution in [0.15, 0.2) is 12.1 Å². The average molecular weight is 316 g/mol. The summed E-state index contributed by atoms with van der Waals surface area (Å²) in [6.45, 7) is 2.35. The third-order valence-electron chi connectivity index (χ3n) is 3.70. The molecule has 1 heterocycles. The molecule has 0 atom stereocenters. The number of methoxy groups -OCH3 is 2. The largest absolute Gasteiger partial charge is 0.493 e. The summed E-state index contributed by atoms with van der Waals surface area (Å²) >= 11 is 6.17. The van der Waals surface area contributed by atoms with Crippen molar-refractivity contribution < 1.29 is 19.3 Å². The molecule has 2 N–H and O–H groups in total. The molecule has 0 aliphatic carbocycles. The van der Waals surface area contributed by atoms with Crippen LogP contribution in [0.2, 0.25) is 5.02 Å². The van der Waals surface area contributed by atoms with E-state index in [2.05, 4.69) is 5.32 Å². The van der Waals surface area contributed by atoms with Crippen molar-refractivity contribution in [3.8, 4) is 11.5 Å². The van der Waals surface area contributed by atoms with Gasteiger partial charge in [0.25, 0.3) is 0 Å². The maximum Gasteiger partial charge on any atom is 0.179 e. The molecule has 0 radical (unpaired) electrons. The van der Waals surface area contributed by atoms with E-state index < -0.39 is 5.60 Å². The maximum atomic E-state index is 10.4. The van der Waals surface area contributed by atoms with Crippen LogP contribution in [-0.2, 0) is 11.3 Å². The highest BCUT2D eigenvalue weighted by molar-refractivity contribution is 6.32. The summed E-state index contributed by atoms with van der Waals surface area (Å²) in [6.07, 6.45) is 1.32. The average Bonchev–Trinajstić information content (AvgIpc) is 2.47. The minimum atomic E-state index is -0.682. The SMILES string of the molecule is COc1cc(CNCC2(O)CCOCC2)cc(Cl)c1OC. The highest BCUT2D eigenvalue weighted by atomic mass is 35.5. The molecule has 1 aliphatic rings. The van der Waals surface area contributed by atoms with Crippen molar-refractivity contribution in [1.29, 1.82) is 0 Å². The second-order valence-electron chi connectivity index (χ2n) is 5.25. The zero-order valence-corrected chi connectivity index (χ0v) is 13.2. The number of hydrogen-bond donors (Lipinski definition) is 2. The van der Waals surface area contributed by atoms with Crippen LogP contribution in [0, 0.1) is 0 Å². The Kier molecular flexibility index (Phi) is 5.70. The first kappa shape index (κ1) is 16.4. The number of rotatable bonds is 6. The van der Waals surface area contributed by atoms with E-state index >= 15 is 0 Å². The lowest BCUT2D eigenvalue weighted by Gasteiger charge is -2.32. The normalized spacial score (nSPS) is 17.5. The van der Waals surface area contributed by atoms with Gasteiger partial charge in [0.2, 0.25) is 0 Å². The van der Waals surface area contributed by atoms with E-state index in [1.54, 1.807) is 14.2 Å². The molecule has 0 aromatic heterocycles. The van der Waals surface area contributed by atoms with Crippen molar-refractivity contribution in [3.05, 3.63) is 22.7 Å². The van der Waals surface area contributed by atoms with E-state index in [-0.39, 0.29) is 0 Å². The molecule has 1 saturated heterocycles. The number of benzene rings is 1. The zero-order valence-electron chi connectivity index (χ0n) is 12.4. The number of aliphatic hydroxyl groups is 1. The second-order valence-corrected chi connectivity index (χ2v) is 5.66. The first-order valence-corrected chi connectivity index (χ1v) is 7.37. The van der Waals surface area contributed by atoms with Gasteiger partial charge in [-0.1, -0.05) is 11.6 Å². The van der Waals surface area contributed by atoms with E-state index in [4.69, 9.17) is 25.8 Å². The van der Waals surface area contributed by atoms with Crippen LogP contribution in [0.5, 0.6) is 11.5 Å². The fraction of sp³-hybridized carbons (Fsp3) is 0.600. The minimum Gasteiger partial charge on any atom is -0.493 e. The molecule has 0 unspecified atom stereocenters. The number of halogens is 1. The van der Waals surface area contributed by atoms with Crippen LogP contribution in [0.25, 0.3) is 0 Å². The second kappa shape index (κ2) is 7.31. The number of hydrogen-bond acceptors (Lipinski definition) is 5. The molecular weight excluding hydrogens is 294 g/mol. The third kappa shape index (κ3) is 4.23. The topological polar surface area (TPSA) is 60.0 Å². The maximum absolute atomic E-state index is 10.4. The Hall–Kier alpha value is -1.01. The van der Waals surface area contributed by atoms with Crippen LogP contribution in [0.3, 0.4) is 0 Å². The fourth-order valence-corrected chi connectivity index (χ4v) is 2.75. The molecule has 2 rings (SSSR count). The Morgan fingerprint density at radius 2 is 2.00 bits per heavy atom. The van der Waals surface area contributed by atoms with E-state index in [0.717, 1.165) is 5.56 Å². The molecule has 1 aromatic carbocycles. The van der Waals surface area contributed by atoms with Gasteiger partial charge in [-0.3, -0.25) is 0 Å². The predicted molar refractivity (Wildman–Crippen MR) is 81.3 cm³/mol. The molecule has 118 valence electrons. The Morgan fingerprint density at radius 3 is 2.62 bits per heavy atom. The van der Waals surface area contributed by atoms with Gasteiger partial charge in [-0.25, -0.2) is 0 Å².